The number of carboxylic acids is 2. The topological polar surface area (TPSA) is 104 Å². The van der Waals surface area contributed by atoms with Crippen LogP contribution < -0.4 is 5.32 Å². The average molecular weight is 402 g/mol. The summed E-state index contributed by atoms with van der Waals surface area (Å²) < 4.78 is 2.06. The van der Waals surface area contributed by atoms with E-state index in [-0.39, 0.29) is 0 Å². The Morgan fingerprint density at radius 3 is 2.25 bits per heavy atom. The highest BCUT2D eigenvalue weighted by atomic mass is 35.5. The Morgan fingerprint density at radius 2 is 1.68 bits per heavy atom. The van der Waals surface area contributed by atoms with Crippen LogP contribution in [0.2, 0.25) is 5.02 Å². The Balaban J connectivity index is 0.000000409. The predicted molar refractivity (Wildman–Crippen MR) is 107 cm³/mol. The van der Waals surface area contributed by atoms with Gasteiger partial charge in [-0.2, -0.15) is 0 Å². The van der Waals surface area contributed by atoms with Crippen LogP contribution in [0.3, 0.4) is 0 Å². The summed E-state index contributed by atoms with van der Waals surface area (Å²) >= 11 is 6.18. The highest BCUT2D eigenvalue weighted by molar-refractivity contribution is 6.31. The smallest absolute Gasteiger partial charge is 0.414 e. The molecule has 3 aromatic rings. The molecule has 7 nitrogen and oxygen atoms in total. The van der Waals surface area contributed by atoms with E-state index in [1.54, 1.807) is 0 Å². The van der Waals surface area contributed by atoms with Crippen LogP contribution in [-0.4, -0.2) is 31.7 Å². The lowest BCUT2D eigenvalue weighted by Gasteiger charge is -2.09. The average Bonchev–Trinajstić information content (AvgIpc) is 3.03. The summed E-state index contributed by atoms with van der Waals surface area (Å²) in [5.41, 5.74) is 4.56. The molecule has 28 heavy (non-hydrogen) atoms. The van der Waals surface area contributed by atoms with Gasteiger partial charge in [-0.25, -0.2) is 14.6 Å². The van der Waals surface area contributed by atoms with Crippen molar-refractivity contribution in [2.75, 3.05) is 5.32 Å². The minimum absolute atomic E-state index is 0.651. The van der Waals surface area contributed by atoms with Gasteiger partial charge < -0.3 is 20.1 Å². The van der Waals surface area contributed by atoms with Gasteiger partial charge >= 0.3 is 11.9 Å². The molecular formula is C20H20ClN3O4. The quantitative estimate of drug-likeness (QED) is 0.574. The van der Waals surface area contributed by atoms with Gasteiger partial charge in [0.15, 0.2) is 0 Å². The van der Waals surface area contributed by atoms with Crippen LogP contribution in [0.15, 0.2) is 54.7 Å². The van der Waals surface area contributed by atoms with Crippen LogP contribution in [0.1, 0.15) is 11.1 Å². The van der Waals surface area contributed by atoms with Gasteiger partial charge in [-0.3, -0.25) is 0 Å². The molecule has 0 amide bonds. The first-order chi connectivity index (χ1) is 13.3. The first-order valence-corrected chi connectivity index (χ1v) is 8.69. The molecule has 0 aliphatic heterocycles. The summed E-state index contributed by atoms with van der Waals surface area (Å²) in [4.78, 5) is 22.7. The van der Waals surface area contributed by atoms with Gasteiger partial charge in [-0.1, -0.05) is 59.6 Å². The molecule has 0 radical (unpaired) electrons. The molecule has 3 rings (SSSR count). The molecule has 0 spiro atoms. The third-order valence-electron chi connectivity index (χ3n) is 3.91. The molecule has 0 unspecified atom stereocenters. The van der Waals surface area contributed by atoms with Crippen LogP contribution in [0.25, 0.3) is 11.3 Å². The van der Waals surface area contributed by atoms with Crippen molar-refractivity contribution in [2.24, 2.45) is 7.05 Å². The van der Waals surface area contributed by atoms with Crippen molar-refractivity contribution >= 4 is 29.5 Å². The lowest BCUT2D eigenvalue weighted by atomic mass is 10.1. The first kappa shape index (κ1) is 21.0. The molecule has 0 aliphatic rings. The van der Waals surface area contributed by atoms with Gasteiger partial charge in [0.25, 0.3) is 0 Å². The molecule has 0 saturated carbocycles. The fraction of sp³-hybridized carbons (Fsp3) is 0.150. The molecule has 146 valence electrons. The number of benzene rings is 2. The normalized spacial score (nSPS) is 9.96. The van der Waals surface area contributed by atoms with Crippen molar-refractivity contribution in [1.29, 1.82) is 0 Å². The molecular weight excluding hydrogens is 382 g/mol. The number of aromatic nitrogens is 2. The Bertz CT molecular complexity index is 956. The Hall–Kier alpha value is -3.32. The Kier molecular flexibility index (Phi) is 7.17. The van der Waals surface area contributed by atoms with Crippen LogP contribution in [0, 0.1) is 6.92 Å². The molecule has 1 aromatic heterocycles. The number of halogens is 1. The first-order valence-electron chi connectivity index (χ1n) is 8.32. The monoisotopic (exact) mass is 401 g/mol. The van der Waals surface area contributed by atoms with E-state index in [2.05, 4.69) is 46.1 Å². The van der Waals surface area contributed by atoms with Crippen molar-refractivity contribution in [2.45, 2.75) is 13.5 Å². The molecule has 0 saturated heterocycles. The van der Waals surface area contributed by atoms with Gasteiger partial charge in [0.1, 0.15) is 0 Å². The second-order valence-electron chi connectivity index (χ2n) is 5.95. The molecule has 3 N–H and O–H groups in total. The van der Waals surface area contributed by atoms with Gasteiger partial charge in [-0.05, 0) is 24.1 Å². The number of hydrogen-bond acceptors (Lipinski definition) is 4. The van der Waals surface area contributed by atoms with Crippen molar-refractivity contribution in [3.63, 3.8) is 0 Å². The molecule has 0 bridgehead atoms. The van der Waals surface area contributed by atoms with E-state index in [4.69, 9.17) is 31.4 Å². The zero-order valence-corrected chi connectivity index (χ0v) is 16.1. The van der Waals surface area contributed by atoms with E-state index in [1.165, 1.54) is 5.56 Å². The summed E-state index contributed by atoms with van der Waals surface area (Å²) in [6, 6.07) is 16.3. The van der Waals surface area contributed by atoms with E-state index >= 15 is 0 Å². The van der Waals surface area contributed by atoms with Crippen molar-refractivity contribution in [3.05, 3.63) is 70.9 Å². The summed E-state index contributed by atoms with van der Waals surface area (Å²) in [6.45, 7) is 2.74. The standard InChI is InChI=1S/C18H18ClN3.C2H2O4/c1-13-7-9-14(10-8-13)17-12-21-18(22(17)2)20-11-15-5-3-4-6-16(15)19;3-1(4)2(5)6/h3-10,12H,11H2,1-2H3,(H,20,21);(H,3,4)(H,5,6). The van der Waals surface area contributed by atoms with Crippen LogP contribution in [-0.2, 0) is 23.2 Å². The van der Waals surface area contributed by atoms with E-state index in [0.29, 0.717) is 6.54 Å². The highest BCUT2D eigenvalue weighted by Gasteiger charge is 2.09. The maximum absolute atomic E-state index is 9.10. The molecule has 1 heterocycles. The second kappa shape index (κ2) is 9.57. The van der Waals surface area contributed by atoms with Crippen LogP contribution >= 0.6 is 11.6 Å². The van der Waals surface area contributed by atoms with Crippen molar-refractivity contribution < 1.29 is 19.8 Å². The van der Waals surface area contributed by atoms with Crippen molar-refractivity contribution in [1.82, 2.24) is 9.55 Å². The van der Waals surface area contributed by atoms with Crippen molar-refractivity contribution in [3.8, 4) is 11.3 Å². The lowest BCUT2D eigenvalue weighted by molar-refractivity contribution is -0.159. The summed E-state index contributed by atoms with van der Waals surface area (Å²) in [5.74, 6) is -2.82. The van der Waals surface area contributed by atoms with Gasteiger partial charge in [-0.15, -0.1) is 0 Å². The number of aliphatic carboxylic acids is 2. The summed E-state index contributed by atoms with van der Waals surface area (Å²) in [7, 11) is 2.01. The fourth-order valence-electron chi connectivity index (χ4n) is 2.38. The number of anilines is 1. The molecule has 0 fully saturated rings. The number of aryl methyl sites for hydroxylation is 1. The fourth-order valence-corrected chi connectivity index (χ4v) is 2.58. The minimum Gasteiger partial charge on any atom is -0.473 e. The van der Waals surface area contributed by atoms with E-state index in [1.807, 2.05) is 37.5 Å². The number of imidazole rings is 1. The van der Waals surface area contributed by atoms with Gasteiger partial charge in [0.2, 0.25) is 5.95 Å². The number of carbonyl (C=O) groups is 2. The Morgan fingerprint density at radius 1 is 1.07 bits per heavy atom. The number of nitrogens with zero attached hydrogens (tertiary/aromatic N) is 2. The number of nitrogens with one attached hydrogen (secondary N) is 1. The maximum atomic E-state index is 9.10. The van der Waals surface area contributed by atoms with E-state index in [9.17, 15) is 0 Å². The zero-order chi connectivity index (χ0) is 20.7. The Labute approximate surface area is 167 Å². The molecule has 0 aliphatic carbocycles. The van der Waals surface area contributed by atoms with E-state index < -0.39 is 11.9 Å². The summed E-state index contributed by atoms with van der Waals surface area (Å²) in [6.07, 6.45) is 1.89. The van der Waals surface area contributed by atoms with Gasteiger partial charge in [0, 0.05) is 18.6 Å². The highest BCUT2D eigenvalue weighted by Crippen LogP contribution is 2.23. The zero-order valence-electron chi connectivity index (χ0n) is 15.4. The summed E-state index contributed by atoms with van der Waals surface area (Å²) in [5, 5.41) is 18.9. The third kappa shape index (κ3) is 5.59. The number of hydrogen-bond donors (Lipinski definition) is 3. The van der Waals surface area contributed by atoms with Gasteiger partial charge in [0.05, 0.1) is 11.9 Å². The molecule has 2 aromatic carbocycles. The largest absolute Gasteiger partial charge is 0.473 e. The third-order valence-corrected chi connectivity index (χ3v) is 4.28. The van der Waals surface area contributed by atoms with Crippen LogP contribution in [0.4, 0.5) is 5.95 Å². The minimum atomic E-state index is -1.82. The SMILES string of the molecule is Cc1ccc(-c2cnc(NCc3ccccc3Cl)n2C)cc1.O=C(O)C(=O)O. The predicted octanol–water partition coefficient (Wildman–Crippen LogP) is 3.82. The van der Waals surface area contributed by atoms with Crippen LogP contribution in [0.5, 0.6) is 0 Å². The molecule has 0 atom stereocenters. The maximum Gasteiger partial charge on any atom is 0.414 e. The molecule has 8 heteroatoms. The second-order valence-corrected chi connectivity index (χ2v) is 6.35. The van der Waals surface area contributed by atoms with E-state index in [0.717, 1.165) is 27.8 Å². The number of carboxylic acid groups (broad SMARTS) is 2. The number of rotatable bonds is 4. The lowest BCUT2D eigenvalue weighted by Crippen LogP contribution is -2.09.